The number of benzene rings is 2. The summed E-state index contributed by atoms with van der Waals surface area (Å²) in [4.78, 5) is 24.2. The molecule has 1 aromatic heterocycles. The Kier molecular flexibility index (Phi) is 6.98. The van der Waals surface area contributed by atoms with Gasteiger partial charge in [0.2, 0.25) is 15.9 Å². The molecule has 0 radical (unpaired) electrons. The molecule has 1 aliphatic rings. The van der Waals surface area contributed by atoms with Crippen molar-refractivity contribution in [3.8, 4) is 17.2 Å². The number of hydrazine groups is 1. The van der Waals surface area contributed by atoms with Crippen LogP contribution in [-0.2, 0) is 14.8 Å². The Morgan fingerprint density at radius 3 is 2.50 bits per heavy atom. The quantitative estimate of drug-likeness (QED) is 0.387. The number of rotatable bonds is 7. The summed E-state index contributed by atoms with van der Waals surface area (Å²) in [6, 6.07) is 10.7. The molecule has 0 unspecified atom stereocenters. The van der Waals surface area contributed by atoms with Crippen LogP contribution in [0.4, 0.5) is 0 Å². The molecular weight excluding hydrogens is 466 g/mol. The Labute approximate surface area is 194 Å². The molecule has 34 heavy (non-hydrogen) atoms. The molecule has 1 aliphatic heterocycles. The maximum Gasteiger partial charge on any atom is 0.269 e. The Balaban J connectivity index is 1.24. The third-order valence-electron chi connectivity index (χ3n) is 4.73. The first-order valence-corrected chi connectivity index (χ1v) is 11.7. The summed E-state index contributed by atoms with van der Waals surface area (Å²) < 4.78 is 39.8. The van der Waals surface area contributed by atoms with Gasteiger partial charge in [-0.3, -0.25) is 20.4 Å². The van der Waals surface area contributed by atoms with Crippen molar-refractivity contribution in [2.24, 2.45) is 0 Å². The zero-order valence-electron chi connectivity index (χ0n) is 17.8. The minimum atomic E-state index is -3.87. The van der Waals surface area contributed by atoms with Gasteiger partial charge in [0.25, 0.3) is 5.91 Å². The number of carbonyl (C=O) groups excluding carboxylic acids is 2. The lowest BCUT2D eigenvalue weighted by molar-refractivity contribution is -0.121. The number of sulfonamides is 1. The van der Waals surface area contributed by atoms with Crippen LogP contribution in [0.25, 0.3) is 5.69 Å². The van der Waals surface area contributed by atoms with E-state index in [0.717, 1.165) is 0 Å². The van der Waals surface area contributed by atoms with E-state index in [0.29, 0.717) is 42.4 Å². The van der Waals surface area contributed by atoms with E-state index in [2.05, 4.69) is 31.1 Å². The highest BCUT2D eigenvalue weighted by Crippen LogP contribution is 2.31. The fraction of sp³-hybridized carbons (Fsp3) is 0.250. The van der Waals surface area contributed by atoms with Crippen LogP contribution >= 0.6 is 0 Å². The number of tetrazole rings is 1. The Hall–Kier alpha value is -4.04. The summed E-state index contributed by atoms with van der Waals surface area (Å²) in [7, 11) is -3.87. The first-order chi connectivity index (χ1) is 16.4. The maximum atomic E-state index is 12.5. The average molecular weight is 487 g/mol. The van der Waals surface area contributed by atoms with Gasteiger partial charge in [0.05, 0.1) is 23.8 Å². The lowest BCUT2D eigenvalue weighted by atomic mass is 10.2. The second-order valence-electron chi connectivity index (χ2n) is 7.11. The van der Waals surface area contributed by atoms with Crippen LogP contribution in [0.2, 0.25) is 0 Å². The summed E-state index contributed by atoms with van der Waals surface area (Å²) in [5.41, 5.74) is 5.49. The molecular formula is C20H21N7O6S. The summed E-state index contributed by atoms with van der Waals surface area (Å²) in [5.74, 6) is -0.271. The van der Waals surface area contributed by atoms with Crippen LogP contribution in [0.1, 0.15) is 23.2 Å². The summed E-state index contributed by atoms with van der Waals surface area (Å²) in [6.45, 7) is 0.757. The molecule has 0 fully saturated rings. The predicted octanol–water partition coefficient (Wildman–Crippen LogP) is -0.0468. The van der Waals surface area contributed by atoms with Crippen molar-refractivity contribution >= 4 is 21.8 Å². The molecule has 2 aromatic carbocycles. The van der Waals surface area contributed by atoms with Crippen molar-refractivity contribution in [3.05, 3.63) is 54.4 Å². The van der Waals surface area contributed by atoms with Gasteiger partial charge in [0, 0.05) is 31.0 Å². The molecule has 2 amide bonds. The smallest absolute Gasteiger partial charge is 0.269 e. The predicted molar refractivity (Wildman–Crippen MR) is 117 cm³/mol. The molecule has 3 N–H and O–H groups in total. The van der Waals surface area contributed by atoms with Gasteiger partial charge in [0.1, 0.15) is 6.33 Å². The lowest BCUT2D eigenvalue weighted by Gasteiger charge is -2.11. The molecule has 0 atom stereocenters. The third kappa shape index (κ3) is 5.65. The highest BCUT2D eigenvalue weighted by molar-refractivity contribution is 7.89. The van der Waals surface area contributed by atoms with Gasteiger partial charge in [-0.25, -0.2) is 17.8 Å². The van der Waals surface area contributed by atoms with E-state index in [-0.39, 0.29) is 17.9 Å². The minimum absolute atomic E-state index is 0.00409. The monoisotopic (exact) mass is 487 g/mol. The van der Waals surface area contributed by atoms with E-state index in [4.69, 9.17) is 9.47 Å². The van der Waals surface area contributed by atoms with Gasteiger partial charge in [0.15, 0.2) is 11.5 Å². The van der Waals surface area contributed by atoms with Gasteiger partial charge < -0.3 is 9.47 Å². The average Bonchev–Trinajstić information content (AvgIpc) is 3.27. The fourth-order valence-corrected chi connectivity index (χ4v) is 4.05. The van der Waals surface area contributed by atoms with E-state index in [1.165, 1.54) is 29.2 Å². The number of nitrogens with one attached hydrogen (secondary N) is 3. The number of ether oxygens (including phenoxy) is 2. The number of amides is 2. The Bertz CT molecular complexity index is 1260. The normalized spacial score (nSPS) is 13.1. The molecule has 13 nitrogen and oxygen atoms in total. The standard InChI is InChI=1S/C20H21N7O6S/c28-19(23-24-20(29)14-2-4-15(5-3-14)27-13-21-25-26-27)8-9-22-34(30,31)16-6-7-17-18(12-16)33-11-1-10-32-17/h2-7,12-13,22H,1,8-11H2,(H,23,28)(H,24,29). The Morgan fingerprint density at radius 1 is 1.00 bits per heavy atom. The fourth-order valence-electron chi connectivity index (χ4n) is 3.00. The van der Waals surface area contributed by atoms with E-state index in [1.54, 1.807) is 24.3 Å². The molecule has 2 heterocycles. The van der Waals surface area contributed by atoms with Crippen molar-refractivity contribution in [1.29, 1.82) is 0 Å². The third-order valence-corrected chi connectivity index (χ3v) is 6.19. The zero-order chi connectivity index (χ0) is 24.0. The van der Waals surface area contributed by atoms with Gasteiger partial charge in [-0.05, 0) is 46.8 Å². The number of carbonyl (C=O) groups is 2. The van der Waals surface area contributed by atoms with Crippen LogP contribution in [0.15, 0.2) is 53.7 Å². The number of hydrogen-bond acceptors (Lipinski definition) is 9. The maximum absolute atomic E-state index is 12.5. The molecule has 4 rings (SSSR count). The number of hydrogen-bond donors (Lipinski definition) is 3. The number of aromatic nitrogens is 4. The second-order valence-corrected chi connectivity index (χ2v) is 8.88. The molecule has 178 valence electrons. The van der Waals surface area contributed by atoms with E-state index in [9.17, 15) is 18.0 Å². The molecule has 0 saturated carbocycles. The SMILES string of the molecule is O=C(CCNS(=O)(=O)c1ccc2c(c1)OCCCO2)NNC(=O)c1ccc(-n2cnnn2)cc1. The van der Waals surface area contributed by atoms with Gasteiger partial charge in [-0.2, -0.15) is 0 Å². The largest absolute Gasteiger partial charge is 0.490 e. The van der Waals surface area contributed by atoms with Crippen molar-refractivity contribution in [2.45, 2.75) is 17.7 Å². The molecule has 3 aromatic rings. The van der Waals surface area contributed by atoms with E-state index >= 15 is 0 Å². The van der Waals surface area contributed by atoms with Crippen molar-refractivity contribution in [1.82, 2.24) is 35.8 Å². The van der Waals surface area contributed by atoms with E-state index in [1.807, 2.05) is 0 Å². The first-order valence-electron chi connectivity index (χ1n) is 10.2. The summed E-state index contributed by atoms with van der Waals surface area (Å²) in [5, 5.41) is 10.8. The van der Waals surface area contributed by atoms with Crippen LogP contribution in [0.5, 0.6) is 11.5 Å². The van der Waals surface area contributed by atoms with Crippen LogP contribution in [0, 0.1) is 0 Å². The van der Waals surface area contributed by atoms with Crippen molar-refractivity contribution in [3.63, 3.8) is 0 Å². The number of fused-ring (bicyclic) bond motifs is 1. The van der Waals surface area contributed by atoms with Crippen LogP contribution < -0.4 is 25.0 Å². The van der Waals surface area contributed by atoms with Gasteiger partial charge in [-0.15, -0.1) is 5.10 Å². The number of nitrogens with zero attached hydrogens (tertiary/aromatic N) is 4. The highest BCUT2D eigenvalue weighted by Gasteiger charge is 2.19. The molecule has 14 heteroatoms. The van der Waals surface area contributed by atoms with Crippen LogP contribution in [0.3, 0.4) is 0 Å². The zero-order valence-corrected chi connectivity index (χ0v) is 18.6. The second kappa shape index (κ2) is 10.3. The van der Waals surface area contributed by atoms with Crippen molar-refractivity contribution < 1.29 is 27.5 Å². The van der Waals surface area contributed by atoms with Crippen LogP contribution in [-0.4, -0.2) is 60.2 Å². The first kappa shape index (κ1) is 23.1. The van der Waals surface area contributed by atoms with Gasteiger partial charge >= 0.3 is 0 Å². The summed E-state index contributed by atoms with van der Waals surface area (Å²) >= 11 is 0. The molecule has 0 saturated heterocycles. The topological polar surface area (TPSA) is 166 Å². The Morgan fingerprint density at radius 2 is 1.76 bits per heavy atom. The van der Waals surface area contributed by atoms with Gasteiger partial charge in [-0.1, -0.05) is 0 Å². The van der Waals surface area contributed by atoms with E-state index < -0.39 is 21.8 Å². The minimum Gasteiger partial charge on any atom is -0.490 e. The molecule has 0 bridgehead atoms. The lowest BCUT2D eigenvalue weighted by Crippen LogP contribution is -2.42. The summed E-state index contributed by atoms with van der Waals surface area (Å²) in [6.07, 6.45) is 1.92. The van der Waals surface area contributed by atoms with Crippen molar-refractivity contribution in [2.75, 3.05) is 19.8 Å². The molecule has 0 spiro atoms. The molecule has 0 aliphatic carbocycles. The highest BCUT2D eigenvalue weighted by atomic mass is 32.2.